The molecule has 1 aromatic heterocycles. The number of sulfonamides is 1. The number of nitrogens with zero attached hydrogens (tertiary/aromatic N) is 1. The van der Waals surface area contributed by atoms with Crippen LogP contribution in [-0.4, -0.2) is 25.7 Å². The maximum absolute atomic E-state index is 13.0. The van der Waals surface area contributed by atoms with E-state index in [-0.39, 0.29) is 22.7 Å². The third-order valence-electron chi connectivity index (χ3n) is 5.33. The van der Waals surface area contributed by atoms with E-state index in [0.29, 0.717) is 17.7 Å². The summed E-state index contributed by atoms with van der Waals surface area (Å²) < 4.78 is 34.0. The molecule has 1 aliphatic carbocycles. The minimum Gasteiger partial charge on any atom is -0.495 e. The van der Waals surface area contributed by atoms with Crippen molar-refractivity contribution in [1.29, 1.82) is 0 Å². The summed E-state index contributed by atoms with van der Waals surface area (Å²) in [5, 5.41) is 6.80. The van der Waals surface area contributed by atoms with Crippen LogP contribution in [0.2, 0.25) is 0 Å². The van der Waals surface area contributed by atoms with Crippen LogP contribution < -0.4 is 15.0 Å². The molecule has 0 saturated heterocycles. The van der Waals surface area contributed by atoms with Crippen LogP contribution in [0.3, 0.4) is 0 Å². The van der Waals surface area contributed by atoms with Gasteiger partial charge in [-0.25, -0.2) is 18.2 Å². The number of methoxy groups -OCH3 is 1. The lowest BCUT2D eigenvalue weighted by Gasteiger charge is -2.18. The number of ether oxygens (including phenoxy) is 1. The lowest BCUT2D eigenvalue weighted by Crippen LogP contribution is -2.24. The molecule has 156 valence electrons. The summed E-state index contributed by atoms with van der Waals surface area (Å²) >= 11 is 0. The predicted molar refractivity (Wildman–Crippen MR) is 114 cm³/mol. The molecule has 2 N–H and O–H groups in total. The monoisotopic (exact) mass is 425 g/mol. The molecular weight excluding hydrogens is 402 g/mol. The Morgan fingerprint density at radius 3 is 2.53 bits per heavy atom. The zero-order valence-corrected chi connectivity index (χ0v) is 17.5. The van der Waals surface area contributed by atoms with Gasteiger partial charge in [0.15, 0.2) is 0 Å². The molecule has 0 unspecified atom stereocenters. The van der Waals surface area contributed by atoms with E-state index in [1.807, 2.05) is 30.3 Å². The molecule has 8 heteroatoms. The van der Waals surface area contributed by atoms with Crippen LogP contribution in [0, 0.1) is 0 Å². The minimum absolute atomic E-state index is 0.0380. The van der Waals surface area contributed by atoms with Gasteiger partial charge in [-0.1, -0.05) is 30.3 Å². The summed E-state index contributed by atoms with van der Waals surface area (Å²) in [6.45, 7) is 0.170. The van der Waals surface area contributed by atoms with Gasteiger partial charge in [0.2, 0.25) is 10.0 Å². The molecule has 0 aliphatic heterocycles. The zero-order chi connectivity index (χ0) is 21.1. The molecule has 1 heterocycles. The Morgan fingerprint density at radius 2 is 1.80 bits per heavy atom. The average molecular weight is 426 g/mol. The number of H-pyrrole nitrogens is 1. The summed E-state index contributed by atoms with van der Waals surface area (Å²) in [5.74, 6) is 0.248. The maximum Gasteiger partial charge on any atom is 0.267 e. The second-order valence-electron chi connectivity index (χ2n) is 7.24. The molecule has 0 amide bonds. The fourth-order valence-electron chi connectivity index (χ4n) is 3.78. The van der Waals surface area contributed by atoms with Crippen LogP contribution in [0.15, 0.2) is 58.2 Å². The largest absolute Gasteiger partial charge is 0.495 e. The third-order valence-corrected chi connectivity index (χ3v) is 6.76. The first kappa shape index (κ1) is 20.3. The Hall–Kier alpha value is -2.97. The van der Waals surface area contributed by atoms with E-state index in [0.717, 1.165) is 36.0 Å². The van der Waals surface area contributed by atoms with Crippen molar-refractivity contribution in [3.8, 4) is 17.0 Å². The molecule has 0 atom stereocenters. The van der Waals surface area contributed by atoms with E-state index in [1.165, 1.54) is 7.11 Å². The van der Waals surface area contributed by atoms with Crippen molar-refractivity contribution in [2.75, 3.05) is 7.11 Å². The second kappa shape index (κ2) is 8.41. The SMILES string of the molecule is COc1ccc(-c2n[nH]c(=O)c3c2CCCC3)cc1S(=O)(=O)NCc1ccccc1. The van der Waals surface area contributed by atoms with Crippen LogP contribution >= 0.6 is 0 Å². The normalized spacial score (nSPS) is 13.6. The van der Waals surface area contributed by atoms with Gasteiger partial charge in [-0.2, -0.15) is 5.10 Å². The predicted octanol–water partition coefficient (Wildman–Crippen LogP) is 2.80. The van der Waals surface area contributed by atoms with E-state index >= 15 is 0 Å². The molecule has 0 spiro atoms. The van der Waals surface area contributed by atoms with Gasteiger partial charge in [0.1, 0.15) is 10.6 Å². The van der Waals surface area contributed by atoms with E-state index < -0.39 is 10.0 Å². The molecule has 0 radical (unpaired) electrons. The first-order valence-electron chi connectivity index (χ1n) is 9.82. The fraction of sp³-hybridized carbons (Fsp3) is 0.273. The molecule has 0 fully saturated rings. The van der Waals surface area contributed by atoms with Crippen LogP contribution in [-0.2, 0) is 29.4 Å². The number of benzene rings is 2. The van der Waals surface area contributed by atoms with Gasteiger partial charge in [-0.05, 0) is 55.0 Å². The van der Waals surface area contributed by atoms with E-state index in [2.05, 4.69) is 14.9 Å². The van der Waals surface area contributed by atoms with Gasteiger partial charge < -0.3 is 4.74 Å². The Labute approximate surface area is 175 Å². The standard InChI is InChI=1S/C22H23N3O4S/c1-29-19-12-11-16(21-17-9-5-6-10-18(17)22(26)25-24-21)13-20(19)30(27,28)23-14-15-7-3-2-4-8-15/h2-4,7-8,11-13,23H,5-6,9-10,14H2,1H3,(H,25,26). The molecule has 1 aliphatic rings. The summed E-state index contributed by atoms with van der Waals surface area (Å²) in [4.78, 5) is 12.2. The van der Waals surface area contributed by atoms with Gasteiger partial charge in [-0.3, -0.25) is 4.79 Å². The highest BCUT2D eigenvalue weighted by molar-refractivity contribution is 7.89. The molecule has 7 nitrogen and oxygen atoms in total. The highest BCUT2D eigenvalue weighted by atomic mass is 32.2. The molecule has 0 bridgehead atoms. The Balaban J connectivity index is 1.74. The van der Waals surface area contributed by atoms with Crippen molar-refractivity contribution >= 4 is 10.0 Å². The van der Waals surface area contributed by atoms with Gasteiger partial charge in [0, 0.05) is 17.7 Å². The third kappa shape index (κ3) is 4.01. The average Bonchev–Trinajstić information content (AvgIpc) is 2.78. The van der Waals surface area contributed by atoms with Crippen molar-refractivity contribution in [2.24, 2.45) is 0 Å². The van der Waals surface area contributed by atoms with Gasteiger partial charge in [0.25, 0.3) is 5.56 Å². The summed E-state index contributed by atoms with van der Waals surface area (Å²) in [6.07, 6.45) is 3.40. The zero-order valence-electron chi connectivity index (χ0n) is 16.6. The Kier molecular flexibility index (Phi) is 5.69. The molecule has 3 aromatic rings. The highest BCUT2D eigenvalue weighted by Gasteiger charge is 2.23. The fourth-order valence-corrected chi connectivity index (χ4v) is 4.99. The van der Waals surface area contributed by atoms with Crippen molar-refractivity contribution in [3.63, 3.8) is 0 Å². The molecule has 30 heavy (non-hydrogen) atoms. The molecule has 0 saturated carbocycles. The number of aromatic nitrogens is 2. The minimum atomic E-state index is -3.84. The summed E-state index contributed by atoms with van der Waals surface area (Å²) in [5.41, 5.74) is 3.58. The van der Waals surface area contributed by atoms with Crippen LogP contribution in [0.5, 0.6) is 5.75 Å². The summed E-state index contributed by atoms with van der Waals surface area (Å²) in [6, 6.07) is 14.2. The molecule has 4 rings (SSSR count). The van der Waals surface area contributed by atoms with E-state index in [4.69, 9.17) is 4.74 Å². The van der Waals surface area contributed by atoms with Gasteiger partial charge in [-0.15, -0.1) is 0 Å². The quantitative estimate of drug-likeness (QED) is 0.632. The van der Waals surface area contributed by atoms with Crippen molar-refractivity contribution < 1.29 is 13.2 Å². The first-order chi connectivity index (χ1) is 14.5. The van der Waals surface area contributed by atoms with Crippen molar-refractivity contribution in [2.45, 2.75) is 37.1 Å². The number of hydrogen-bond donors (Lipinski definition) is 2. The number of rotatable bonds is 6. The smallest absolute Gasteiger partial charge is 0.267 e. The Morgan fingerprint density at radius 1 is 1.07 bits per heavy atom. The topological polar surface area (TPSA) is 101 Å². The van der Waals surface area contributed by atoms with Gasteiger partial charge in [0.05, 0.1) is 12.8 Å². The van der Waals surface area contributed by atoms with E-state index in [1.54, 1.807) is 18.2 Å². The van der Waals surface area contributed by atoms with Gasteiger partial charge >= 0.3 is 0 Å². The number of fused-ring (bicyclic) bond motifs is 1. The molecule has 2 aromatic carbocycles. The number of hydrogen-bond acceptors (Lipinski definition) is 5. The first-order valence-corrected chi connectivity index (χ1v) is 11.3. The Bertz CT molecular complexity index is 1220. The maximum atomic E-state index is 13.0. The van der Waals surface area contributed by atoms with Crippen molar-refractivity contribution in [3.05, 3.63) is 75.6 Å². The number of aromatic amines is 1. The second-order valence-corrected chi connectivity index (χ2v) is 8.98. The number of nitrogens with one attached hydrogen (secondary N) is 2. The summed E-state index contributed by atoms with van der Waals surface area (Å²) in [7, 11) is -2.40. The van der Waals surface area contributed by atoms with Crippen LogP contribution in [0.25, 0.3) is 11.3 Å². The lowest BCUT2D eigenvalue weighted by atomic mass is 9.90. The lowest BCUT2D eigenvalue weighted by molar-refractivity contribution is 0.402. The highest BCUT2D eigenvalue weighted by Crippen LogP contribution is 2.32. The molecular formula is C22H23N3O4S. The van der Waals surface area contributed by atoms with Crippen LogP contribution in [0.1, 0.15) is 29.5 Å². The van der Waals surface area contributed by atoms with Crippen molar-refractivity contribution in [1.82, 2.24) is 14.9 Å². The van der Waals surface area contributed by atoms with E-state index in [9.17, 15) is 13.2 Å². The van der Waals surface area contributed by atoms with Crippen LogP contribution in [0.4, 0.5) is 0 Å².